The van der Waals surface area contributed by atoms with Crippen LogP contribution in [0.5, 0.6) is 0 Å². The Labute approximate surface area is 140 Å². The Balaban J connectivity index is 2.21. The lowest BCUT2D eigenvalue weighted by Gasteiger charge is -2.17. The zero-order chi connectivity index (χ0) is 17.5. The first-order valence-corrected chi connectivity index (χ1v) is 7.80. The maximum Gasteiger partial charge on any atom is 0.345 e. The first-order chi connectivity index (χ1) is 11.5. The molecule has 0 aliphatic heterocycles. The van der Waals surface area contributed by atoms with Gasteiger partial charge in [0.05, 0.1) is 18.3 Å². The van der Waals surface area contributed by atoms with Gasteiger partial charge in [-0.1, -0.05) is 19.9 Å². The molecule has 0 spiro atoms. The number of carbonyl (C=O) groups is 1. The Morgan fingerprint density at radius 1 is 1.38 bits per heavy atom. The molecule has 0 radical (unpaired) electrons. The fraction of sp³-hybridized carbons (Fsp3) is 0.412. The largest absolute Gasteiger partial charge is 0.382 e. The van der Waals surface area contributed by atoms with Crippen LogP contribution in [0.15, 0.2) is 35.3 Å². The van der Waals surface area contributed by atoms with Crippen molar-refractivity contribution in [2.24, 2.45) is 5.92 Å². The van der Waals surface area contributed by atoms with Crippen molar-refractivity contribution in [2.45, 2.75) is 26.3 Å². The Morgan fingerprint density at radius 3 is 2.79 bits per heavy atom. The van der Waals surface area contributed by atoms with E-state index in [1.165, 1.54) is 0 Å². The molecular formula is C17H22N4O3. The monoisotopic (exact) mass is 330 g/mol. The molecular weight excluding hydrogens is 308 g/mol. The number of aromatic nitrogens is 3. The van der Waals surface area contributed by atoms with E-state index in [1.807, 2.05) is 19.9 Å². The Kier molecular flexibility index (Phi) is 6.20. The topological polar surface area (TPSA) is 97.0 Å². The number of nitrogens with zero attached hydrogens (tertiary/aromatic N) is 2. The van der Waals surface area contributed by atoms with E-state index in [4.69, 9.17) is 4.74 Å². The molecule has 128 valence electrons. The van der Waals surface area contributed by atoms with Crippen molar-refractivity contribution in [1.29, 1.82) is 0 Å². The van der Waals surface area contributed by atoms with E-state index in [-0.39, 0.29) is 12.3 Å². The van der Waals surface area contributed by atoms with Crippen molar-refractivity contribution in [1.82, 2.24) is 20.3 Å². The van der Waals surface area contributed by atoms with Crippen LogP contribution in [0.4, 0.5) is 0 Å². The third-order valence-electron chi connectivity index (χ3n) is 3.34. The summed E-state index contributed by atoms with van der Waals surface area (Å²) in [5.41, 5.74) is 0.932. The van der Waals surface area contributed by atoms with Gasteiger partial charge >= 0.3 is 5.69 Å². The number of amides is 1. The summed E-state index contributed by atoms with van der Waals surface area (Å²) >= 11 is 0. The number of nitrogens with one attached hydrogen (secondary N) is 2. The smallest absolute Gasteiger partial charge is 0.345 e. The quantitative estimate of drug-likeness (QED) is 0.801. The molecule has 1 unspecified atom stereocenters. The van der Waals surface area contributed by atoms with Crippen LogP contribution in [-0.4, -0.2) is 34.6 Å². The average Bonchev–Trinajstić information content (AvgIpc) is 2.54. The summed E-state index contributed by atoms with van der Waals surface area (Å²) in [6.45, 7) is 4.34. The lowest BCUT2D eigenvalue weighted by atomic mass is 10.1. The minimum atomic E-state index is -0.528. The first-order valence-electron chi connectivity index (χ1n) is 7.80. The van der Waals surface area contributed by atoms with Gasteiger partial charge in [-0.25, -0.2) is 4.79 Å². The third kappa shape index (κ3) is 4.99. The van der Waals surface area contributed by atoms with Crippen LogP contribution in [0, 0.1) is 5.92 Å². The van der Waals surface area contributed by atoms with Crippen LogP contribution in [0.2, 0.25) is 0 Å². The zero-order valence-electron chi connectivity index (χ0n) is 14.1. The molecule has 0 saturated carbocycles. The van der Waals surface area contributed by atoms with Crippen molar-refractivity contribution in [3.63, 3.8) is 0 Å². The van der Waals surface area contributed by atoms with E-state index < -0.39 is 17.6 Å². The Morgan fingerprint density at radius 2 is 2.17 bits per heavy atom. The van der Waals surface area contributed by atoms with Crippen LogP contribution >= 0.6 is 0 Å². The predicted molar refractivity (Wildman–Crippen MR) is 89.7 cm³/mol. The minimum Gasteiger partial charge on any atom is -0.382 e. The number of ether oxygens (including phenoxy) is 1. The third-order valence-corrected chi connectivity index (χ3v) is 3.34. The lowest BCUT2D eigenvalue weighted by molar-refractivity contribution is 0.0888. The molecule has 2 N–H and O–H groups in total. The van der Waals surface area contributed by atoms with E-state index in [9.17, 15) is 9.59 Å². The highest BCUT2D eigenvalue weighted by Crippen LogP contribution is 2.11. The van der Waals surface area contributed by atoms with E-state index >= 15 is 0 Å². The van der Waals surface area contributed by atoms with E-state index in [0.717, 1.165) is 0 Å². The van der Waals surface area contributed by atoms with Crippen molar-refractivity contribution in [2.75, 3.05) is 13.7 Å². The number of carbonyl (C=O) groups excluding carboxylic acids is 1. The van der Waals surface area contributed by atoms with Gasteiger partial charge in [0.25, 0.3) is 5.91 Å². The van der Waals surface area contributed by atoms with Crippen LogP contribution in [0.3, 0.4) is 0 Å². The van der Waals surface area contributed by atoms with E-state index in [0.29, 0.717) is 23.7 Å². The fourth-order valence-corrected chi connectivity index (χ4v) is 2.36. The second-order valence-corrected chi connectivity index (χ2v) is 5.93. The normalized spacial score (nSPS) is 12.2. The number of aromatic amines is 1. The molecule has 0 aliphatic rings. The molecule has 24 heavy (non-hydrogen) atoms. The summed E-state index contributed by atoms with van der Waals surface area (Å²) in [6.07, 6.45) is 2.32. The second-order valence-electron chi connectivity index (χ2n) is 5.93. The highest BCUT2D eigenvalue weighted by Gasteiger charge is 2.18. The van der Waals surface area contributed by atoms with Gasteiger partial charge in [0.2, 0.25) is 0 Å². The summed E-state index contributed by atoms with van der Waals surface area (Å²) in [6, 6.07) is 6.63. The van der Waals surface area contributed by atoms with Crippen molar-refractivity contribution in [3.05, 3.63) is 58.0 Å². The van der Waals surface area contributed by atoms with E-state index in [2.05, 4.69) is 20.3 Å². The minimum absolute atomic E-state index is 0.0893. The molecule has 0 saturated heterocycles. The molecule has 2 aromatic rings. The van der Waals surface area contributed by atoms with Gasteiger partial charge in [-0.15, -0.1) is 0 Å². The van der Waals surface area contributed by atoms with Crippen LogP contribution < -0.4 is 11.0 Å². The molecule has 2 aromatic heterocycles. The summed E-state index contributed by atoms with van der Waals surface area (Å²) in [7, 11) is 1.55. The van der Waals surface area contributed by atoms with Crippen molar-refractivity contribution >= 4 is 5.91 Å². The van der Waals surface area contributed by atoms with Crippen LogP contribution in [0.25, 0.3) is 0 Å². The van der Waals surface area contributed by atoms with Crippen molar-refractivity contribution in [3.8, 4) is 0 Å². The number of hydrogen-bond donors (Lipinski definition) is 2. The maximum absolute atomic E-state index is 12.5. The Hall–Kier alpha value is -2.54. The molecule has 2 rings (SSSR count). The lowest BCUT2D eigenvalue weighted by Crippen LogP contribution is -2.34. The molecule has 0 fully saturated rings. The molecule has 0 aromatic carbocycles. The van der Waals surface area contributed by atoms with Gasteiger partial charge < -0.3 is 15.0 Å². The number of H-pyrrole nitrogens is 1. The van der Waals surface area contributed by atoms with Gasteiger partial charge in [0.15, 0.2) is 0 Å². The predicted octanol–water partition coefficient (Wildman–Crippen LogP) is 1.48. The molecule has 0 bridgehead atoms. The summed E-state index contributed by atoms with van der Waals surface area (Å²) in [4.78, 5) is 34.8. The summed E-state index contributed by atoms with van der Waals surface area (Å²) in [5.74, 6) is -0.0764. The SMILES string of the molecule is COCC(NC(=O)c1cc(CC(C)C)[nH]c(=O)n1)c1ccccn1. The number of pyridine rings is 1. The molecule has 7 heteroatoms. The van der Waals surface area contributed by atoms with Gasteiger partial charge in [0.1, 0.15) is 5.69 Å². The van der Waals surface area contributed by atoms with Crippen molar-refractivity contribution < 1.29 is 9.53 Å². The van der Waals surface area contributed by atoms with Gasteiger partial charge in [-0.2, -0.15) is 4.98 Å². The molecule has 1 amide bonds. The molecule has 0 aliphatic carbocycles. The highest BCUT2D eigenvalue weighted by atomic mass is 16.5. The summed E-state index contributed by atoms with van der Waals surface area (Å²) in [5, 5.41) is 2.82. The first kappa shape index (κ1) is 17.8. The van der Waals surface area contributed by atoms with Gasteiger partial charge in [0, 0.05) is 19.0 Å². The van der Waals surface area contributed by atoms with Gasteiger partial charge in [-0.3, -0.25) is 9.78 Å². The van der Waals surface area contributed by atoms with Crippen LogP contribution in [-0.2, 0) is 11.2 Å². The fourth-order valence-electron chi connectivity index (χ4n) is 2.36. The maximum atomic E-state index is 12.5. The highest BCUT2D eigenvalue weighted by molar-refractivity contribution is 5.92. The average molecular weight is 330 g/mol. The number of methoxy groups -OCH3 is 1. The molecule has 1 atom stereocenters. The molecule has 7 nitrogen and oxygen atoms in total. The molecule has 2 heterocycles. The number of rotatable bonds is 7. The Bertz CT molecular complexity index is 728. The van der Waals surface area contributed by atoms with Gasteiger partial charge in [-0.05, 0) is 30.5 Å². The van der Waals surface area contributed by atoms with Crippen LogP contribution in [0.1, 0.15) is 41.8 Å². The second kappa shape index (κ2) is 8.35. The summed E-state index contributed by atoms with van der Waals surface area (Å²) < 4.78 is 5.15. The number of hydrogen-bond acceptors (Lipinski definition) is 5. The zero-order valence-corrected chi connectivity index (χ0v) is 14.1. The van der Waals surface area contributed by atoms with E-state index in [1.54, 1.807) is 31.5 Å². The standard InChI is InChI=1S/C17H22N4O3/c1-11(2)8-12-9-14(21-17(23)19-12)16(22)20-15(10-24-3)13-6-4-5-7-18-13/h4-7,9,11,15H,8,10H2,1-3H3,(H,20,22)(H,19,21,23).